The lowest BCUT2D eigenvalue weighted by Crippen LogP contribution is -2.44. The molecule has 4 N–H and O–H groups in total. The summed E-state index contributed by atoms with van der Waals surface area (Å²) >= 11 is 0. The predicted molar refractivity (Wildman–Crippen MR) is 161 cm³/mol. The molecule has 2 aromatic carbocycles. The normalized spacial score (nSPS) is 13.1. The summed E-state index contributed by atoms with van der Waals surface area (Å²) in [5.74, 6) is -2.62. The van der Waals surface area contributed by atoms with Crippen LogP contribution in [0.1, 0.15) is 36.8 Å². The maximum absolute atomic E-state index is 13.4. The van der Waals surface area contributed by atoms with Gasteiger partial charge in [0, 0.05) is 30.1 Å². The molecule has 1 heterocycles. The third-order valence-corrected chi connectivity index (χ3v) is 7.05. The minimum atomic E-state index is -0.679. The Hall–Kier alpha value is -4.24. The van der Waals surface area contributed by atoms with E-state index in [0.717, 1.165) is 22.0 Å². The van der Waals surface area contributed by atoms with Gasteiger partial charge >= 0.3 is 5.97 Å². The number of amides is 2. The van der Waals surface area contributed by atoms with E-state index in [4.69, 9.17) is 9.84 Å². The average Bonchev–Trinajstić information content (AvgIpc) is 3.40. The summed E-state index contributed by atoms with van der Waals surface area (Å²) in [5, 5.41) is 15.6. The monoisotopic (exact) mass is 577 g/mol. The highest BCUT2D eigenvalue weighted by Crippen LogP contribution is 2.21. The SMILES string of the molecule is C=CCC[C@H](Cc1ccc(F)cc1)C(=O)OC[C@@H](Cc1c[nH]c2ccccc12)NC(=O)[C@@H](CC=C)CC(=O)NCCO. The molecule has 0 aliphatic heterocycles. The second kappa shape index (κ2) is 16.9. The Bertz CT molecular complexity index is 1340. The number of halogens is 1. The van der Waals surface area contributed by atoms with Gasteiger partial charge in [0.1, 0.15) is 12.4 Å². The van der Waals surface area contributed by atoms with Gasteiger partial charge in [-0.25, -0.2) is 4.39 Å². The number of nitrogens with one attached hydrogen (secondary N) is 3. The number of esters is 1. The third-order valence-electron chi connectivity index (χ3n) is 7.05. The quantitative estimate of drug-likeness (QED) is 0.132. The van der Waals surface area contributed by atoms with Crippen LogP contribution in [0.4, 0.5) is 4.39 Å². The Kier molecular flexibility index (Phi) is 13.0. The molecule has 2 amide bonds. The van der Waals surface area contributed by atoms with Gasteiger partial charge in [0.15, 0.2) is 0 Å². The Labute approximate surface area is 246 Å². The summed E-state index contributed by atoms with van der Waals surface area (Å²) in [4.78, 5) is 42.1. The molecule has 3 aromatic rings. The first-order valence-corrected chi connectivity index (χ1v) is 14.2. The number of hydrogen-bond donors (Lipinski definition) is 4. The summed E-state index contributed by atoms with van der Waals surface area (Å²) in [6.07, 6.45) is 7.29. The van der Waals surface area contributed by atoms with Crippen LogP contribution in [0.2, 0.25) is 0 Å². The first kappa shape index (κ1) is 32.3. The topological polar surface area (TPSA) is 121 Å². The van der Waals surface area contributed by atoms with Crippen LogP contribution in [-0.2, 0) is 32.0 Å². The Morgan fingerprint density at radius 3 is 2.50 bits per heavy atom. The van der Waals surface area contributed by atoms with Gasteiger partial charge in [-0.15, -0.1) is 13.2 Å². The van der Waals surface area contributed by atoms with Gasteiger partial charge in [0.25, 0.3) is 0 Å². The van der Waals surface area contributed by atoms with E-state index in [2.05, 4.69) is 28.8 Å². The van der Waals surface area contributed by atoms with Crippen molar-refractivity contribution >= 4 is 28.7 Å². The smallest absolute Gasteiger partial charge is 0.309 e. The van der Waals surface area contributed by atoms with E-state index < -0.39 is 23.8 Å². The van der Waals surface area contributed by atoms with Crippen molar-refractivity contribution in [1.82, 2.24) is 15.6 Å². The molecular formula is C33H40FN3O5. The molecule has 0 saturated carbocycles. The number of hydrogen-bond acceptors (Lipinski definition) is 5. The fourth-order valence-electron chi connectivity index (χ4n) is 4.84. The number of para-hydroxylation sites is 1. The molecule has 9 heteroatoms. The highest BCUT2D eigenvalue weighted by atomic mass is 19.1. The van der Waals surface area contributed by atoms with Crippen molar-refractivity contribution in [2.24, 2.45) is 11.8 Å². The maximum atomic E-state index is 13.4. The summed E-state index contributed by atoms with van der Waals surface area (Å²) < 4.78 is 19.2. The lowest BCUT2D eigenvalue weighted by atomic mass is 9.94. The van der Waals surface area contributed by atoms with E-state index in [1.54, 1.807) is 24.3 Å². The maximum Gasteiger partial charge on any atom is 0.309 e. The molecule has 224 valence electrons. The molecule has 0 aliphatic rings. The van der Waals surface area contributed by atoms with E-state index in [0.29, 0.717) is 25.7 Å². The van der Waals surface area contributed by atoms with Crippen LogP contribution in [0.3, 0.4) is 0 Å². The molecular weight excluding hydrogens is 537 g/mol. The fourth-order valence-corrected chi connectivity index (χ4v) is 4.84. The van der Waals surface area contributed by atoms with Gasteiger partial charge in [-0.05, 0) is 61.4 Å². The molecule has 3 atom stereocenters. The molecule has 0 spiro atoms. The van der Waals surface area contributed by atoms with Crippen LogP contribution in [-0.4, -0.2) is 53.7 Å². The van der Waals surface area contributed by atoms with E-state index in [9.17, 15) is 18.8 Å². The van der Waals surface area contributed by atoms with Crippen molar-refractivity contribution in [3.8, 4) is 0 Å². The molecule has 0 fully saturated rings. The second-order valence-corrected chi connectivity index (χ2v) is 10.3. The Morgan fingerprint density at radius 2 is 1.79 bits per heavy atom. The van der Waals surface area contributed by atoms with Crippen molar-refractivity contribution in [3.05, 3.63) is 97.0 Å². The van der Waals surface area contributed by atoms with Crippen molar-refractivity contribution in [2.75, 3.05) is 19.8 Å². The third kappa shape index (κ3) is 9.99. The van der Waals surface area contributed by atoms with Gasteiger partial charge in [0.05, 0.1) is 24.5 Å². The van der Waals surface area contributed by atoms with Crippen LogP contribution in [0.5, 0.6) is 0 Å². The van der Waals surface area contributed by atoms with Crippen LogP contribution in [0.25, 0.3) is 10.9 Å². The fraction of sp³-hybridized carbons (Fsp3) is 0.364. The number of aromatic nitrogens is 1. The first-order chi connectivity index (χ1) is 20.3. The van der Waals surface area contributed by atoms with Crippen molar-refractivity contribution in [3.63, 3.8) is 0 Å². The average molecular weight is 578 g/mol. The number of fused-ring (bicyclic) bond motifs is 1. The van der Waals surface area contributed by atoms with Crippen LogP contribution in [0.15, 0.2) is 80.0 Å². The second-order valence-electron chi connectivity index (χ2n) is 10.3. The highest BCUT2D eigenvalue weighted by Gasteiger charge is 2.26. The van der Waals surface area contributed by atoms with Crippen LogP contribution >= 0.6 is 0 Å². The van der Waals surface area contributed by atoms with Gasteiger partial charge < -0.3 is 25.5 Å². The number of H-pyrrole nitrogens is 1. The predicted octanol–water partition coefficient (Wildman–Crippen LogP) is 4.39. The van der Waals surface area contributed by atoms with Crippen LogP contribution in [0, 0.1) is 17.7 Å². The van der Waals surface area contributed by atoms with Gasteiger partial charge in [-0.1, -0.05) is 42.5 Å². The van der Waals surface area contributed by atoms with E-state index >= 15 is 0 Å². The summed E-state index contributed by atoms with van der Waals surface area (Å²) in [5.41, 5.74) is 2.71. The number of carbonyl (C=O) groups is 3. The van der Waals surface area contributed by atoms with Crippen LogP contribution < -0.4 is 10.6 Å². The Balaban J connectivity index is 1.76. The molecule has 42 heavy (non-hydrogen) atoms. The zero-order valence-electron chi connectivity index (χ0n) is 23.8. The Morgan fingerprint density at radius 1 is 1.02 bits per heavy atom. The number of rotatable bonds is 18. The molecule has 3 rings (SSSR count). The standard InChI is InChI=1S/C33H40FN3O5/c1-3-5-9-25(18-23-12-14-27(34)15-13-23)33(41)42-22-28(19-26-21-36-30-11-7-6-10-29(26)30)37-32(40)24(8-4-2)20-31(39)35-16-17-38/h3-4,6-7,10-15,21,24-25,28,36,38H,1-2,5,8-9,16-20,22H2,(H,35,39)(H,37,40)/t24-,25+,28+/m0/s1. The van der Waals surface area contributed by atoms with Crippen molar-refractivity contribution < 1.29 is 28.6 Å². The molecule has 0 bridgehead atoms. The minimum Gasteiger partial charge on any atom is -0.463 e. The largest absolute Gasteiger partial charge is 0.463 e. The number of benzene rings is 2. The molecule has 0 unspecified atom stereocenters. The van der Waals surface area contributed by atoms with E-state index in [1.807, 2.05) is 30.5 Å². The molecule has 1 aromatic heterocycles. The zero-order valence-corrected chi connectivity index (χ0v) is 23.8. The number of aromatic amines is 1. The summed E-state index contributed by atoms with van der Waals surface area (Å²) in [6, 6.07) is 13.3. The number of ether oxygens (including phenoxy) is 1. The first-order valence-electron chi connectivity index (χ1n) is 14.2. The molecule has 0 aliphatic carbocycles. The van der Waals surface area contributed by atoms with Gasteiger partial charge in [0.2, 0.25) is 11.8 Å². The summed E-state index contributed by atoms with van der Waals surface area (Å²) in [6.45, 7) is 7.30. The number of carbonyl (C=O) groups excluding carboxylic acids is 3. The lowest BCUT2D eigenvalue weighted by Gasteiger charge is -2.23. The number of aliphatic hydroxyl groups is 1. The van der Waals surface area contributed by atoms with Gasteiger partial charge in [-0.2, -0.15) is 0 Å². The summed E-state index contributed by atoms with van der Waals surface area (Å²) in [7, 11) is 0. The van der Waals surface area contributed by atoms with Gasteiger partial charge in [-0.3, -0.25) is 14.4 Å². The van der Waals surface area contributed by atoms with Crippen molar-refractivity contribution in [1.29, 1.82) is 0 Å². The van der Waals surface area contributed by atoms with Crippen molar-refractivity contribution in [2.45, 2.75) is 44.6 Å². The number of allylic oxidation sites excluding steroid dienone is 2. The highest BCUT2D eigenvalue weighted by molar-refractivity contribution is 5.86. The molecule has 0 saturated heterocycles. The van der Waals surface area contributed by atoms with E-state index in [-0.39, 0.29) is 50.2 Å². The zero-order chi connectivity index (χ0) is 30.3. The van der Waals surface area contributed by atoms with E-state index in [1.165, 1.54) is 12.1 Å². The number of aliphatic hydroxyl groups excluding tert-OH is 1. The minimum absolute atomic E-state index is 0.0707. The molecule has 8 nitrogen and oxygen atoms in total. The lowest BCUT2D eigenvalue weighted by molar-refractivity contribution is -0.150. The molecule has 0 radical (unpaired) electrons.